The average molecular weight is 635 g/mol. The molecule has 0 saturated carbocycles. The molecule has 4 aromatic rings. The number of nitrogens with one attached hydrogen (secondary N) is 3. The molecule has 3 amide bonds. The van der Waals surface area contributed by atoms with Crippen LogP contribution in [0.2, 0.25) is 5.02 Å². The van der Waals surface area contributed by atoms with E-state index in [0.717, 1.165) is 20.5 Å². The molecule has 0 aliphatic carbocycles. The Labute approximate surface area is 250 Å². The van der Waals surface area contributed by atoms with Crippen LogP contribution in [-0.4, -0.2) is 23.5 Å². The highest BCUT2D eigenvalue weighted by Gasteiger charge is 2.16. The van der Waals surface area contributed by atoms with E-state index >= 15 is 0 Å². The van der Waals surface area contributed by atoms with Crippen LogP contribution in [0.1, 0.15) is 21.5 Å². The Morgan fingerprint density at radius 3 is 2.42 bits per heavy atom. The molecule has 0 unspecified atom stereocenters. The van der Waals surface area contributed by atoms with Crippen LogP contribution in [0.5, 0.6) is 0 Å². The van der Waals surface area contributed by atoms with E-state index in [9.17, 15) is 14.4 Å². The first kappa shape index (κ1) is 29.1. The van der Waals surface area contributed by atoms with Crippen molar-refractivity contribution in [3.8, 4) is 0 Å². The van der Waals surface area contributed by atoms with Gasteiger partial charge in [0, 0.05) is 31.3 Å². The van der Waals surface area contributed by atoms with E-state index in [1.807, 2.05) is 49.4 Å². The van der Waals surface area contributed by atoms with Crippen LogP contribution >= 0.6 is 39.3 Å². The van der Waals surface area contributed by atoms with Crippen molar-refractivity contribution in [3.05, 3.63) is 129 Å². The summed E-state index contributed by atoms with van der Waals surface area (Å²) in [5.41, 5.74) is 3.36. The number of aryl methyl sites for hydroxylation is 1. The van der Waals surface area contributed by atoms with E-state index in [1.165, 1.54) is 11.8 Å². The van der Waals surface area contributed by atoms with E-state index in [2.05, 4.69) is 31.9 Å². The van der Waals surface area contributed by atoms with Gasteiger partial charge in [-0.05, 0) is 78.7 Å². The molecule has 0 bridgehead atoms. The van der Waals surface area contributed by atoms with Crippen LogP contribution in [0.3, 0.4) is 0 Å². The van der Waals surface area contributed by atoms with Gasteiger partial charge in [0.25, 0.3) is 11.8 Å². The lowest BCUT2D eigenvalue weighted by Gasteiger charge is -2.12. The van der Waals surface area contributed by atoms with E-state index in [-0.39, 0.29) is 17.4 Å². The summed E-state index contributed by atoms with van der Waals surface area (Å²) in [6.07, 6.45) is 1.61. The summed E-state index contributed by atoms with van der Waals surface area (Å²) in [4.78, 5) is 39.5. The van der Waals surface area contributed by atoms with Gasteiger partial charge in [-0.25, -0.2) is 0 Å². The maximum atomic E-state index is 13.3. The predicted molar refractivity (Wildman–Crippen MR) is 167 cm³/mol. The lowest BCUT2D eigenvalue weighted by atomic mass is 10.1. The van der Waals surface area contributed by atoms with Crippen molar-refractivity contribution in [2.24, 2.45) is 0 Å². The smallest absolute Gasteiger partial charge is 0.272 e. The van der Waals surface area contributed by atoms with Crippen LogP contribution in [0.4, 0.5) is 11.4 Å². The molecular weight excluding hydrogens is 610 g/mol. The molecule has 40 heavy (non-hydrogen) atoms. The highest BCUT2D eigenvalue weighted by atomic mass is 79.9. The Hall–Kier alpha value is -3.85. The molecule has 4 rings (SSSR count). The van der Waals surface area contributed by atoms with Crippen molar-refractivity contribution in [2.45, 2.75) is 11.8 Å². The molecule has 4 aromatic carbocycles. The van der Waals surface area contributed by atoms with Crippen molar-refractivity contribution in [2.75, 3.05) is 16.4 Å². The highest BCUT2D eigenvalue weighted by molar-refractivity contribution is 9.10. The van der Waals surface area contributed by atoms with E-state index in [4.69, 9.17) is 11.6 Å². The Morgan fingerprint density at radius 1 is 0.875 bits per heavy atom. The molecule has 3 N–H and O–H groups in total. The molecule has 0 spiro atoms. The fourth-order valence-electron chi connectivity index (χ4n) is 3.63. The van der Waals surface area contributed by atoms with Crippen LogP contribution in [0.25, 0.3) is 6.08 Å². The maximum Gasteiger partial charge on any atom is 0.272 e. The Kier molecular flexibility index (Phi) is 10.2. The summed E-state index contributed by atoms with van der Waals surface area (Å²) < 4.78 is 0.842. The molecule has 0 radical (unpaired) electrons. The molecule has 9 heteroatoms. The third kappa shape index (κ3) is 8.58. The van der Waals surface area contributed by atoms with E-state index < -0.39 is 11.8 Å². The summed E-state index contributed by atoms with van der Waals surface area (Å²) in [6, 6.07) is 28.6. The minimum absolute atomic E-state index is 0.0845. The number of amides is 3. The van der Waals surface area contributed by atoms with Gasteiger partial charge in [0.05, 0.1) is 5.75 Å². The standard InChI is InChI=1S/C31H25BrClN3O3S/c1-20-13-14-24(33)17-27(20)35-29(37)19-40-26-12-6-11-25(18-26)34-31(39)28(16-21-7-5-10-23(32)15-21)36-30(38)22-8-3-2-4-9-22/h2-18H,19H2,1H3,(H,34,39)(H,35,37)(H,36,38)/b28-16+. The molecule has 0 aliphatic heterocycles. The molecule has 0 aliphatic rings. The second-order valence-corrected chi connectivity index (χ2v) is 11.1. The van der Waals surface area contributed by atoms with Crippen LogP contribution < -0.4 is 16.0 Å². The topological polar surface area (TPSA) is 87.3 Å². The molecule has 202 valence electrons. The van der Waals surface area contributed by atoms with Gasteiger partial charge in [-0.2, -0.15) is 0 Å². The van der Waals surface area contributed by atoms with Gasteiger partial charge in [0.2, 0.25) is 5.91 Å². The minimum atomic E-state index is -0.486. The summed E-state index contributed by atoms with van der Waals surface area (Å²) in [5, 5.41) is 9.01. The second-order valence-electron chi connectivity index (χ2n) is 8.71. The van der Waals surface area contributed by atoms with Gasteiger partial charge in [0.15, 0.2) is 0 Å². The van der Waals surface area contributed by atoms with Gasteiger partial charge in [0.1, 0.15) is 5.70 Å². The van der Waals surface area contributed by atoms with Crippen molar-refractivity contribution in [1.29, 1.82) is 0 Å². The summed E-state index contributed by atoms with van der Waals surface area (Å²) in [7, 11) is 0. The largest absolute Gasteiger partial charge is 0.325 e. The highest BCUT2D eigenvalue weighted by Crippen LogP contribution is 2.24. The molecule has 0 atom stereocenters. The van der Waals surface area contributed by atoms with Crippen LogP contribution in [0.15, 0.2) is 112 Å². The van der Waals surface area contributed by atoms with Crippen LogP contribution in [0, 0.1) is 6.92 Å². The molecule has 6 nitrogen and oxygen atoms in total. The number of hydrogen-bond donors (Lipinski definition) is 3. The van der Waals surface area contributed by atoms with Crippen molar-refractivity contribution >= 4 is 74.5 Å². The Balaban J connectivity index is 1.45. The predicted octanol–water partition coefficient (Wildman–Crippen LogP) is 7.55. The van der Waals surface area contributed by atoms with Crippen molar-refractivity contribution in [1.82, 2.24) is 5.32 Å². The van der Waals surface area contributed by atoms with Crippen molar-refractivity contribution in [3.63, 3.8) is 0 Å². The fraction of sp³-hybridized carbons (Fsp3) is 0.0645. The first-order chi connectivity index (χ1) is 19.3. The summed E-state index contributed by atoms with van der Waals surface area (Å²) in [5.74, 6) is -0.889. The molecule has 0 heterocycles. The van der Waals surface area contributed by atoms with E-state index in [0.29, 0.717) is 22.0 Å². The van der Waals surface area contributed by atoms with Crippen molar-refractivity contribution < 1.29 is 14.4 Å². The van der Waals surface area contributed by atoms with Gasteiger partial charge in [-0.15, -0.1) is 11.8 Å². The Bertz CT molecular complexity index is 1580. The summed E-state index contributed by atoms with van der Waals surface area (Å²) in [6.45, 7) is 1.90. The molecular formula is C31H25BrClN3O3S. The minimum Gasteiger partial charge on any atom is -0.325 e. The van der Waals surface area contributed by atoms with Gasteiger partial charge in [-0.1, -0.05) is 70.0 Å². The number of benzene rings is 4. The molecule has 0 fully saturated rings. The molecule has 0 aromatic heterocycles. The monoisotopic (exact) mass is 633 g/mol. The lowest BCUT2D eigenvalue weighted by molar-refractivity contribution is -0.114. The number of thioether (sulfide) groups is 1. The average Bonchev–Trinajstić information content (AvgIpc) is 2.94. The van der Waals surface area contributed by atoms with Crippen LogP contribution in [-0.2, 0) is 9.59 Å². The fourth-order valence-corrected chi connectivity index (χ4v) is 4.98. The zero-order valence-electron chi connectivity index (χ0n) is 21.4. The number of carbonyl (C=O) groups excluding carboxylic acids is 3. The maximum absolute atomic E-state index is 13.3. The third-order valence-corrected chi connectivity index (χ3v) is 7.35. The number of hydrogen-bond acceptors (Lipinski definition) is 4. The first-order valence-corrected chi connectivity index (χ1v) is 14.4. The van der Waals surface area contributed by atoms with Gasteiger partial charge < -0.3 is 16.0 Å². The number of carbonyl (C=O) groups is 3. The lowest BCUT2D eigenvalue weighted by Crippen LogP contribution is -2.30. The zero-order valence-corrected chi connectivity index (χ0v) is 24.6. The summed E-state index contributed by atoms with van der Waals surface area (Å²) >= 11 is 10.8. The zero-order chi connectivity index (χ0) is 28.5. The second kappa shape index (κ2) is 14.0. The Morgan fingerprint density at radius 2 is 1.65 bits per heavy atom. The SMILES string of the molecule is Cc1ccc(Cl)cc1NC(=O)CSc1cccc(NC(=O)/C(=C\c2cccc(Br)c2)NC(=O)c2ccccc2)c1. The third-order valence-electron chi connectivity index (χ3n) is 5.62. The van der Waals surface area contributed by atoms with E-state index in [1.54, 1.807) is 60.7 Å². The number of rotatable bonds is 9. The van der Waals surface area contributed by atoms with Gasteiger partial charge >= 0.3 is 0 Å². The van der Waals surface area contributed by atoms with Gasteiger partial charge in [-0.3, -0.25) is 14.4 Å². The number of anilines is 2. The normalized spacial score (nSPS) is 11.0. The molecule has 0 saturated heterocycles. The first-order valence-electron chi connectivity index (χ1n) is 12.2. The number of halogens is 2. The quantitative estimate of drug-likeness (QED) is 0.131.